The van der Waals surface area contributed by atoms with Crippen LogP contribution in [0, 0.1) is 12.7 Å². The number of rotatable bonds is 2. The van der Waals surface area contributed by atoms with E-state index in [9.17, 15) is 9.18 Å². The molecule has 102 valence electrons. The molecule has 0 fully saturated rings. The largest absolute Gasteiger partial charge is 0.340 e. The molecule has 3 aromatic rings. The fourth-order valence-corrected chi connectivity index (χ4v) is 2.62. The minimum atomic E-state index is -0.328. The summed E-state index contributed by atoms with van der Waals surface area (Å²) in [7, 11) is 1.72. The highest BCUT2D eigenvalue weighted by atomic mass is 32.1. The summed E-state index contributed by atoms with van der Waals surface area (Å²) in [5, 5.41) is 12.4. The summed E-state index contributed by atoms with van der Waals surface area (Å²) >= 11 is 1.30. The number of aryl methyl sites for hydroxylation is 2. The monoisotopic (exact) mass is 290 g/mol. The second kappa shape index (κ2) is 4.68. The Morgan fingerprint density at radius 2 is 2.15 bits per heavy atom. The van der Waals surface area contributed by atoms with Crippen molar-refractivity contribution in [1.82, 2.24) is 14.8 Å². The van der Waals surface area contributed by atoms with Crippen LogP contribution in [-0.2, 0) is 7.05 Å². The number of fused-ring (bicyclic) bond motifs is 1. The zero-order valence-electron chi connectivity index (χ0n) is 10.8. The Morgan fingerprint density at radius 3 is 2.85 bits per heavy atom. The van der Waals surface area contributed by atoms with E-state index in [0.717, 1.165) is 10.4 Å². The highest BCUT2D eigenvalue weighted by molar-refractivity contribution is 7.15. The first-order valence-electron chi connectivity index (χ1n) is 5.91. The normalized spacial score (nSPS) is 10.9. The van der Waals surface area contributed by atoms with Crippen LogP contribution in [0.1, 0.15) is 15.5 Å². The van der Waals surface area contributed by atoms with Gasteiger partial charge in [-0.2, -0.15) is 0 Å². The van der Waals surface area contributed by atoms with Gasteiger partial charge in [-0.3, -0.25) is 10.1 Å². The Kier molecular flexibility index (Phi) is 2.98. The maximum absolute atomic E-state index is 13.2. The van der Waals surface area contributed by atoms with Crippen LogP contribution < -0.4 is 5.32 Å². The van der Waals surface area contributed by atoms with Crippen LogP contribution in [0.4, 0.5) is 9.52 Å². The van der Waals surface area contributed by atoms with Crippen LogP contribution in [0.25, 0.3) is 10.9 Å². The summed E-state index contributed by atoms with van der Waals surface area (Å²) in [6.07, 6.45) is 0. The molecule has 5 nitrogen and oxygen atoms in total. The summed E-state index contributed by atoms with van der Waals surface area (Å²) in [6.45, 7) is 1.81. The van der Waals surface area contributed by atoms with E-state index in [1.807, 2.05) is 6.92 Å². The third-order valence-corrected chi connectivity index (χ3v) is 3.74. The number of aromatic nitrogens is 3. The van der Waals surface area contributed by atoms with E-state index in [1.165, 1.54) is 23.5 Å². The van der Waals surface area contributed by atoms with Crippen LogP contribution in [0.15, 0.2) is 24.3 Å². The van der Waals surface area contributed by atoms with Gasteiger partial charge in [-0.05, 0) is 31.2 Å². The van der Waals surface area contributed by atoms with Gasteiger partial charge in [0.1, 0.15) is 16.5 Å². The summed E-state index contributed by atoms with van der Waals surface area (Å²) < 4.78 is 14.9. The van der Waals surface area contributed by atoms with Gasteiger partial charge in [0.25, 0.3) is 5.91 Å². The Balaban J connectivity index is 1.97. The lowest BCUT2D eigenvalue weighted by Crippen LogP contribution is -2.15. The fraction of sp³-hybridized carbons (Fsp3) is 0.154. The summed E-state index contributed by atoms with van der Waals surface area (Å²) in [5.41, 5.74) is 1.11. The molecule has 1 aromatic carbocycles. The Hall–Kier alpha value is -2.28. The van der Waals surface area contributed by atoms with E-state index in [-0.39, 0.29) is 11.7 Å². The molecule has 0 spiro atoms. The van der Waals surface area contributed by atoms with Gasteiger partial charge in [0.2, 0.25) is 5.13 Å². The molecule has 1 amide bonds. The molecule has 0 saturated carbocycles. The van der Waals surface area contributed by atoms with Crippen molar-refractivity contribution < 1.29 is 9.18 Å². The van der Waals surface area contributed by atoms with Crippen molar-refractivity contribution >= 4 is 33.3 Å². The molecule has 3 rings (SSSR count). The zero-order valence-corrected chi connectivity index (χ0v) is 11.7. The maximum atomic E-state index is 13.2. The number of halogens is 1. The van der Waals surface area contributed by atoms with E-state index in [0.29, 0.717) is 16.3 Å². The average Bonchev–Trinajstić information content (AvgIpc) is 2.94. The number of anilines is 1. The molecule has 7 heteroatoms. The standard InChI is InChI=1S/C13H11FN4OS/c1-7-16-17-13(20-7)15-12(19)11-5-8-3-4-9(14)6-10(8)18(11)2/h3-6H,1-2H3,(H,15,17,19). The first kappa shape index (κ1) is 12.7. The molecular formula is C13H11FN4OS. The molecule has 20 heavy (non-hydrogen) atoms. The summed E-state index contributed by atoms with van der Waals surface area (Å²) in [4.78, 5) is 12.2. The predicted molar refractivity (Wildman–Crippen MR) is 75.5 cm³/mol. The van der Waals surface area contributed by atoms with Crippen LogP contribution in [0.5, 0.6) is 0 Å². The van der Waals surface area contributed by atoms with Crippen molar-refractivity contribution in [2.45, 2.75) is 6.92 Å². The first-order chi connectivity index (χ1) is 9.54. The number of hydrogen-bond donors (Lipinski definition) is 1. The number of carbonyl (C=O) groups excluding carboxylic acids is 1. The smallest absolute Gasteiger partial charge is 0.274 e. The van der Waals surface area contributed by atoms with Gasteiger partial charge in [-0.1, -0.05) is 11.3 Å². The molecule has 0 aliphatic rings. The molecule has 0 aliphatic heterocycles. The Labute approximate surface area is 118 Å². The number of carbonyl (C=O) groups is 1. The van der Waals surface area contributed by atoms with Crippen molar-refractivity contribution in [3.63, 3.8) is 0 Å². The summed E-state index contributed by atoms with van der Waals surface area (Å²) in [6, 6.07) is 6.15. The molecule has 0 saturated heterocycles. The van der Waals surface area contributed by atoms with Crippen LogP contribution >= 0.6 is 11.3 Å². The molecule has 0 unspecified atom stereocenters. The maximum Gasteiger partial charge on any atom is 0.274 e. The average molecular weight is 290 g/mol. The molecule has 2 heterocycles. The van der Waals surface area contributed by atoms with Crippen LogP contribution in [0.2, 0.25) is 0 Å². The lowest BCUT2D eigenvalue weighted by Gasteiger charge is -2.03. The number of hydrogen-bond acceptors (Lipinski definition) is 4. The number of amides is 1. The predicted octanol–water partition coefficient (Wildman–Crippen LogP) is 2.73. The Morgan fingerprint density at radius 1 is 1.35 bits per heavy atom. The SMILES string of the molecule is Cc1nnc(NC(=O)c2cc3ccc(F)cc3n2C)s1. The van der Waals surface area contributed by atoms with Crippen molar-refractivity contribution in [2.24, 2.45) is 7.05 Å². The van der Waals surface area contributed by atoms with Crippen LogP contribution in [0.3, 0.4) is 0 Å². The van der Waals surface area contributed by atoms with Gasteiger partial charge in [0.15, 0.2) is 0 Å². The molecular weight excluding hydrogens is 279 g/mol. The first-order valence-corrected chi connectivity index (χ1v) is 6.72. The quantitative estimate of drug-likeness (QED) is 0.789. The molecule has 0 aliphatic carbocycles. The second-order valence-corrected chi connectivity index (χ2v) is 5.55. The number of benzene rings is 1. The summed E-state index contributed by atoms with van der Waals surface area (Å²) in [5.74, 6) is -0.620. The highest BCUT2D eigenvalue weighted by Gasteiger charge is 2.15. The lowest BCUT2D eigenvalue weighted by molar-refractivity contribution is 0.101. The number of nitrogens with one attached hydrogen (secondary N) is 1. The van der Waals surface area contributed by atoms with Crippen LogP contribution in [-0.4, -0.2) is 20.7 Å². The van der Waals surface area contributed by atoms with Gasteiger partial charge in [-0.25, -0.2) is 4.39 Å². The third kappa shape index (κ3) is 2.16. The van der Waals surface area contributed by atoms with Gasteiger partial charge < -0.3 is 4.57 Å². The fourth-order valence-electron chi connectivity index (χ4n) is 2.03. The topological polar surface area (TPSA) is 59.8 Å². The van der Waals surface area contributed by atoms with Gasteiger partial charge >= 0.3 is 0 Å². The Bertz CT molecular complexity index is 808. The van der Waals surface area contributed by atoms with E-state index in [4.69, 9.17) is 0 Å². The molecule has 0 atom stereocenters. The molecule has 0 radical (unpaired) electrons. The van der Waals surface area contributed by atoms with Crippen molar-refractivity contribution in [3.8, 4) is 0 Å². The van der Waals surface area contributed by atoms with Gasteiger partial charge in [0.05, 0.1) is 5.52 Å². The van der Waals surface area contributed by atoms with E-state index in [2.05, 4.69) is 15.5 Å². The molecule has 1 N–H and O–H groups in total. The molecule has 0 bridgehead atoms. The third-order valence-electron chi connectivity index (χ3n) is 2.99. The highest BCUT2D eigenvalue weighted by Crippen LogP contribution is 2.21. The lowest BCUT2D eigenvalue weighted by atomic mass is 10.2. The zero-order chi connectivity index (χ0) is 14.3. The second-order valence-electron chi connectivity index (χ2n) is 4.37. The minimum Gasteiger partial charge on any atom is -0.340 e. The van der Waals surface area contributed by atoms with E-state index >= 15 is 0 Å². The van der Waals surface area contributed by atoms with Crippen molar-refractivity contribution in [1.29, 1.82) is 0 Å². The van der Waals surface area contributed by atoms with Crippen molar-refractivity contribution in [2.75, 3.05) is 5.32 Å². The van der Waals surface area contributed by atoms with E-state index < -0.39 is 0 Å². The van der Waals surface area contributed by atoms with Gasteiger partial charge in [0, 0.05) is 12.4 Å². The number of nitrogens with zero attached hydrogens (tertiary/aromatic N) is 3. The minimum absolute atomic E-state index is 0.291. The molecule has 2 aromatic heterocycles. The van der Waals surface area contributed by atoms with E-state index in [1.54, 1.807) is 23.7 Å². The van der Waals surface area contributed by atoms with Crippen molar-refractivity contribution in [3.05, 3.63) is 40.8 Å². The van der Waals surface area contributed by atoms with Gasteiger partial charge in [-0.15, -0.1) is 10.2 Å².